The van der Waals surface area contributed by atoms with Crippen LogP contribution in [0.15, 0.2) is 0 Å². The molecule has 1 heterocycles. The van der Waals surface area contributed by atoms with Crippen LogP contribution >= 0.6 is 11.8 Å². The molecule has 0 bridgehead atoms. The highest BCUT2D eigenvalue weighted by atomic mass is 32.2. The largest absolute Gasteiger partial charge is 0.480 e. The van der Waals surface area contributed by atoms with Gasteiger partial charge in [-0.15, -0.1) is 0 Å². The normalized spacial score (nSPS) is 19.4. The summed E-state index contributed by atoms with van der Waals surface area (Å²) in [6.45, 7) is 6.13. The third-order valence-electron chi connectivity index (χ3n) is 3.69. The molecule has 0 aromatic heterocycles. The second-order valence-corrected chi connectivity index (χ2v) is 5.96. The minimum absolute atomic E-state index is 0.0338. The van der Waals surface area contributed by atoms with Crippen LogP contribution in [0, 0.1) is 0 Å². The number of rotatable bonds is 6. The van der Waals surface area contributed by atoms with Crippen molar-refractivity contribution in [2.45, 2.75) is 32.4 Å². The number of carboxylic acids is 1. The lowest BCUT2D eigenvalue weighted by Crippen LogP contribution is -2.56. The molecule has 7 heteroatoms. The molecule has 0 aromatic rings. The fraction of sp³-hybridized carbons (Fsp3) is 0.846. The highest BCUT2D eigenvalue weighted by molar-refractivity contribution is 7.98. The number of amides is 2. The Morgan fingerprint density at radius 3 is 2.35 bits per heavy atom. The van der Waals surface area contributed by atoms with Gasteiger partial charge in [-0.3, -0.25) is 9.69 Å². The third kappa shape index (κ3) is 4.86. The fourth-order valence-corrected chi connectivity index (χ4v) is 2.92. The van der Waals surface area contributed by atoms with Crippen LogP contribution in [0.4, 0.5) is 4.79 Å². The number of carboxylic acid groups (broad SMARTS) is 1. The first kappa shape index (κ1) is 17.1. The topological polar surface area (TPSA) is 72.9 Å². The van der Waals surface area contributed by atoms with E-state index in [0.717, 1.165) is 12.2 Å². The van der Waals surface area contributed by atoms with E-state index < -0.39 is 12.0 Å². The highest BCUT2D eigenvalue weighted by Crippen LogP contribution is 2.08. The Kier molecular flexibility index (Phi) is 7.15. The molecule has 0 radical (unpaired) electrons. The first-order valence-electron chi connectivity index (χ1n) is 7.00. The summed E-state index contributed by atoms with van der Waals surface area (Å²) in [6.07, 6.45) is 2.95. The molecule has 1 rings (SSSR count). The van der Waals surface area contributed by atoms with E-state index in [1.54, 1.807) is 23.6 Å². The van der Waals surface area contributed by atoms with E-state index in [0.29, 0.717) is 26.2 Å². The van der Waals surface area contributed by atoms with Crippen molar-refractivity contribution in [3.05, 3.63) is 0 Å². The van der Waals surface area contributed by atoms with Crippen LogP contribution < -0.4 is 5.32 Å². The molecular weight excluding hydrogens is 278 g/mol. The van der Waals surface area contributed by atoms with E-state index >= 15 is 0 Å². The van der Waals surface area contributed by atoms with Gasteiger partial charge in [-0.2, -0.15) is 11.8 Å². The standard InChI is InChI=1S/C13H25N3O3S/c1-4-11(9-20-3)14-13(19)16-7-5-15(6-8-16)10(2)12(17)18/h10-11H,4-9H2,1-3H3,(H,14,19)(H,17,18). The van der Waals surface area contributed by atoms with Crippen molar-refractivity contribution in [3.8, 4) is 0 Å². The molecule has 2 atom stereocenters. The number of nitrogens with zero attached hydrogens (tertiary/aromatic N) is 2. The van der Waals surface area contributed by atoms with Gasteiger partial charge in [0.2, 0.25) is 0 Å². The predicted octanol–water partition coefficient (Wildman–Crippen LogP) is 0.928. The van der Waals surface area contributed by atoms with Crippen LogP contribution in [-0.2, 0) is 4.79 Å². The van der Waals surface area contributed by atoms with Crippen LogP contribution in [0.5, 0.6) is 0 Å². The maximum Gasteiger partial charge on any atom is 0.320 e. The molecule has 2 amide bonds. The summed E-state index contributed by atoms with van der Waals surface area (Å²) in [5.41, 5.74) is 0. The van der Waals surface area contributed by atoms with Gasteiger partial charge in [0.25, 0.3) is 0 Å². The Labute approximate surface area is 124 Å². The number of hydrogen-bond acceptors (Lipinski definition) is 4. The van der Waals surface area contributed by atoms with Crippen LogP contribution in [0.25, 0.3) is 0 Å². The predicted molar refractivity (Wildman–Crippen MR) is 81.2 cm³/mol. The quantitative estimate of drug-likeness (QED) is 0.763. The van der Waals surface area contributed by atoms with Gasteiger partial charge in [0.1, 0.15) is 6.04 Å². The molecule has 116 valence electrons. The zero-order valence-corrected chi connectivity index (χ0v) is 13.3. The molecule has 1 aliphatic rings. The number of carbonyl (C=O) groups excluding carboxylic acids is 1. The van der Waals surface area contributed by atoms with E-state index in [1.165, 1.54) is 0 Å². The van der Waals surface area contributed by atoms with Crippen molar-refractivity contribution < 1.29 is 14.7 Å². The lowest BCUT2D eigenvalue weighted by Gasteiger charge is -2.37. The molecule has 0 saturated carbocycles. The maximum absolute atomic E-state index is 12.1. The monoisotopic (exact) mass is 303 g/mol. The Morgan fingerprint density at radius 1 is 1.30 bits per heavy atom. The minimum Gasteiger partial charge on any atom is -0.480 e. The van der Waals surface area contributed by atoms with Gasteiger partial charge >= 0.3 is 12.0 Å². The zero-order valence-electron chi connectivity index (χ0n) is 12.5. The van der Waals surface area contributed by atoms with Crippen molar-refractivity contribution in [3.63, 3.8) is 0 Å². The summed E-state index contributed by atoms with van der Waals surface area (Å²) in [5, 5.41) is 12.0. The van der Waals surface area contributed by atoms with Gasteiger partial charge in [0.05, 0.1) is 0 Å². The summed E-state index contributed by atoms with van der Waals surface area (Å²) in [4.78, 5) is 26.7. The van der Waals surface area contributed by atoms with Crippen LogP contribution in [0.1, 0.15) is 20.3 Å². The Morgan fingerprint density at radius 2 is 1.90 bits per heavy atom. The Balaban J connectivity index is 2.40. The molecule has 0 aliphatic carbocycles. The van der Waals surface area contributed by atoms with Gasteiger partial charge in [-0.05, 0) is 19.6 Å². The fourth-order valence-electron chi connectivity index (χ4n) is 2.20. The molecule has 1 saturated heterocycles. The molecule has 2 N–H and O–H groups in total. The molecule has 6 nitrogen and oxygen atoms in total. The van der Waals surface area contributed by atoms with E-state index in [9.17, 15) is 9.59 Å². The molecule has 20 heavy (non-hydrogen) atoms. The number of carbonyl (C=O) groups is 2. The van der Waals surface area contributed by atoms with Crippen LogP contribution in [0.3, 0.4) is 0 Å². The smallest absolute Gasteiger partial charge is 0.320 e. The summed E-state index contributed by atoms with van der Waals surface area (Å²) < 4.78 is 0. The van der Waals surface area contributed by atoms with Crippen molar-refractivity contribution in [1.82, 2.24) is 15.1 Å². The third-order valence-corrected chi connectivity index (χ3v) is 4.43. The van der Waals surface area contributed by atoms with Crippen LogP contribution in [-0.4, -0.2) is 77.2 Å². The molecule has 1 fully saturated rings. The van der Waals surface area contributed by atoms with Crippen LogP contribution in [0.2, 0.25) is 0 Å². The van der Waals surface area contributed by atoms with Crippen molar-refractivity contribution in [2.75, 3.05) is 38.2 Å². The van der Waals surface area contributed by atoms with Gasteiger partial charge in [0.15, 0.2) is 0 Å². The zero-order chi connectivity index (χ0) is 15.1. The van der Waals surface area contributed by atoms with Gasteiger partial charge in [0, 0.05) is 38.0 Å². The second-order valence-electron chi connectivity index (χ2n) is 5.05. The lowest BCUT2D eigenvalue weighted by molar-refractivity contribution is -0.143. The van der Waals surface area contributed by atoms with Gasteiger partial charge in [-0.1, -0.05) is 6.92 Å². The summed E-state index contributed by atoms with van der Waals surface area (Å²) in [6, 6.07) is -0.318. The molecular formula is C13H25N3O3S. The number of piperazine rings is 1. The minimum atomic E-state index is -0.811. The molecule has 2 unspecified atom stereocenters. The Bertz CT molecular complexity index is 333. The number of aliphatic carboxylic acids is 1. The summed E-state index contributed by atoms with van der Waals surface area (Å²) >= 11 is 1.72. The van der Waals surface area contributed by atoms with E-state index in [-0.39, 0.29) is 12.1 Å². The molecule has 1 aliphatic heterocycles. The SMILES string of the molecule is CCC(CSC)NC(=O)N1CCN(C(C)C(=O)O)CC1. The van der Waals surface area contributed by atoms with Gasteiger partial charge < -0.3 is 15.3 Å². The van der Waals surface area contributed by atoms with E-state index in [1.807, 2.05) is 11.2 Å². The van der Waals surface area contributed by atoms with Crippen molar-refractivity contribution in [2.24, 2.45) is 0 Å². The summed E-state index contributed by atoms with van der Waals surface area (Å²) in [5.74, 6) is 0.104. The molecule has 0 aromatic carbocycles. The van der Waals surface area contributed by atoms with Crippen molar-refractivity contribution >= 4 is 23.8 Å². The Hall–Kier alpha value is -0.950. The van der Waals surface area contributed by atoms with Crippen molar-refractivity contribution in [1.29, 1.82) is 0 Å². The number of urea groups is 1. The average molecular weight is 303 g/mol. The average Bonchev–Trinajstić information content (AvgIpc) is 2.45. The van der Waals surface area contributed by atoms with E-state index in [2.05, 4.69) is 12.2 Å². The number of nitrogens with one attached hydrogen (secondary N) is 1. The first-order chi connectivity index (χ1) is 9.49. The maximum atomic E-state index is 12.1. The number of hydrogen-bond donors (Lipinski definition) is 2. The summed E-state index contributed by atoms with van der Waals surface area (Å²) in [7, 11) is 0. The number of thioether (sulfide) groups is 1. The first-order valence-corrected chi connectivity index (χ1v) is 8.40. The molecule has 0 spiro atoms. The second kappa shape index (κ2) is 8.36. The van der Waals surface area contributed by atoms with E-state index in [4.69, 9.17) is 5.11 Å². The van der Waals surface area contributed by atoms with Gasteiger partial charge in [-0.25, -0.2) is 4.79 Å². The lowest BCUT2D eigenvalue weighted by atomic mass is 10.2. The highest BCUT2D eigenvalue weighted by Gasteiger charge is 2.27.